The number of hydrogen-bond acceptors (Lipinski definition) is 2. The summed E-state index contributed by atoms with van der Waals surface area (Å²) in [7, 11) is 4.01. The molecule has 0 aliphatic rings. The summed E-state index contributed by atoms with van der Waals surface area (Å²) in [6.07, 6.45) is 2.42. The molecule has 2 unspecified atom stereocenters. The van der Waals surface area contributed by atoms with E-state index in [1.54, 1.807) is 12.1 Å². The highest BCUT2D eigenvalue weighted by molar-refractivity contribution is 5.33. The molecule has 2 N–H and O–H groups in total. The van der Waals surface area contributed by atoms with Gasteiger partial charge in [-0.15, -0.1) is 6.58 Å². The number of halogens is 1. The molecule has 0 spiro atoms. The summed E-state index contributed by atoms with van der Waals surface area (Å²) in [6, 6.07) is 16.5. The molecule has 2 rings (SSSR count). The van der Waals surface area contributed by atoms with Gasteiger partial charge >= 0.3 is 0 Å². The van der Waals surface area contributed by atoms with E-state index < -0.39 is 5.54 Å². The lowest BCUT2D eigenvalue weighted by Gasteiger charge is -2.41. The van der Waals surface area contributed by atoms with Crippen molar-refractivity contribution in [2.24, 2.45) is 5.73 Å². The van der Waals surface area contributed by atoms with Crippen LogP contribution in [0.2, 0.25) is 0 Å². The van der Waals surface area contributed by atoms with E-state index in [2.05, 4.69) is 23.6 Å². The van der Waals surface area contributed by atoms with E-state index in [9.17, 15) is 4.39 Å². The maximum atomic E-state index is 13.3. The van der Waals surface area contributed by atoms with Gasteiger partial charge in [0.15, 0.2) is 0 Å². The zero-order valence-corrected chi connectivity index (χ0v) is 13.2. The maximum Gasteiger partial charge on any atom is 0.123 e. The van der Waals surface area contributed by atoms with Crippen LogP contribution in [0.5, 0.6) is 0 Å². The van der Waals surface area contributed by atoms with Crippen molar-refractivity contribution in [1.29, 1.82) is 0 Å². The lowest BCUT2D eigenvalue weighted by molar-refractivity contribution is 0.178. The Kier molecular flexibility index (Phi) is 5.11. The molecule has 2 atom stereocenters. The molecular weight excluding hydrogens is 275 g/mol. The molecule has 0 saturated carbocycles. The smallest absolute Gasteiger partial charge is 0.123 e. The summed E-state index contributed by atoms with van der Waals surface area (Å²) in [4.78, 5) is 2.10. The minimum atomic E-state index is -0.680. The van der Waals surface area contributed by atoms with Gasteiger partial charge in [-0.25, -0.2) is 4.39 Å². The maximum absolute atomic E-state index is 13.3. The molecule has 0 fully saturated rings. The second kappa shape index (κ2) is 6.86. The average molecular weight is 298 g/mol. The zero-order chi connectivity index (χ0) is 16.2. The first-order valence-corrected chi connectivity index (χ1v) is 7.36. The normalized spacial score (nSPS) is 15.3. The number of likely N-dealkylation sites (N-methyl/N-ethyl adjacent to an activating group) is 1. The van der Waals surface area contributed by atoms with Crippen LogP contribution in [-0.2, 0) is 5.54 Å². The van der Waals surface area contributed by atoms with Crippen LogP contribution in [0, 0.1) is 5.82 Å². The van der Waals surface area contributed by atoms with E-state index in [0.29, 0.717) is 6.42 Å². The zero-order valence-electron chi connectivity index (χ0n) is 13.2. The van der Waals surface area contributed by atoms with Gasteiger partial charge in [0.25, 0.3) is 0 Å². The molecule has 0 bridgehead atoms. The van der Waals surface area contributed by atoms with E-state index in [4.69, 9.17) is 5.73 Å². The summed E-state index contributed by atoms with van der Waals surface area (Å²) >= 11 is 0. The van der Waals surface area contributed by atoms with Crippen molar-refractivity contribution in [1.82, 2.24) is 4.90 Å². The van der Waals surface area contributed by atoms with E-state index >= 15 is 0 Å². The summed E-state index contributed by atoms with van der Waals surface area (Å²) in [5.74, 6) is -0.259. The van der Waals surface area contributed by atoms with E-state index in [-0.39, 0.29) is 11.9 Å². The summed E-state index contributed by atoms with van der Waals surface area (Å²) in [6.45, 7) is 3.85. The Morgan fingerprint density at radius 3 is 2.23 bits per heavy atom. The fraction of sp³-hybridized carbons (Fsp3) is 0.263. The fourth-order valence-electron chi connectivity index (χ4n) is 3.08. The van der Waals surface area contributed by atoms with Gasteiger partial charge in [0.2, 0.25) is 0 Å². The van der Waals surface area contributed by atoms with Crippen molar-refractivity contribution < 1.29 is 4.39 Å². The summed E-state index contributed by atoms with van der Waals surface area (Å²) < 4.78 is 13.3. The Balaban J connectivity index is 2.55. The Bertz CT molecular complexity index is 607. The van der Waals surface area contributed by atoms with Gasteiger partial charge in [0.1, 0.15) is 5.82 Å². The topological polar surface area (TPSA) is 29.3 Å². The molecule has 116 valence electrons. The first-order valence-electron chi connectivity index (χ1n) is 7.36. The first kappa shape index (κ1) is 16.4. The lowest BCUT2D eigenvalue weighted by atomic mass is 9.77. The van der Waals surface area contributed by atoms with Gasteiger partial charge in [0, 0.05) is 0 Å². The highest BCUT2D eigenvalue weighted by Gasteiger charge is 2.38. The quantitative estimate of drug-likeness (QED) is 0.821. The molecule has 0 saturated heterocycles. The molecule has 22 heavy (non-hydrogen) atoms. The molecular formula is C19H23FN2. The van der Waals surface area contributed by atoms with Crippen LogP contribution in [0.15, 0.2) is 67.3 Å². The van der Waals surface area contributed by atoms with Crippen LogP contribution < -0.4 is 5.73 Å². The number of nitrogens with zero attached hydrogens (tertiary/aromatic N) is 1. The Morgan fingerprint density at radius 2 is 1.73 bits per heavy atom. The third-order valence-electron chi connectivity index (χ3n) is 3.98. The van der Waals surface area contributed by atoms with Crippen molar-refractivity contribution in [3.63, 3.8) is 0 Å². The minimum Gasteiger partial charge on any atom is -0.320 e. The molecule has 2 aromatic carbocycles. The second-order valence-electron chi connectivity index (χ2n) is 5.82. The van der Waals surface area contributed by atoms with Crippen molar-refractivity contribution in [3.8, 4) is 0 Å². The molecule has 3 heteroatoms. The highest BCUT2D eigenvalue weighted by Crippen LogP contribution is 2.39. The standard InChI is InChI=1S/C19H23FN2/c1-4-14-19(21,16-10-12-17(20)13-11-16)18(22(2)3)15-8-6-5-7-9-15/h4-13,18H,1,14,21H2,2-3H3. The predicted octanol–water partition coefficient (Wildman–Crippen LogP) is 3.86. The van der Waals surface area contributed by atoms with Gasteiger partial charge in [0.05, 0.1) is 11.6 Å². The van der Waals surface area contributed by atoms with Crippen LogP contribution >= 0.6 is 0 Å². The molecule has 0 aliphatic heterocycles. The molecule has 0 heterocycles. The van der Waals surface area contributed by atoms with Crippen molar-refractivity contribution in [2.75, 3.05) is 14.1 Å². The number of rotatable bonds is 6. The highest BCUT2D eigenvalue weighted by atomic mass is 19.1. The first-order chi connectivity index (χ1) is 10.5. The third-order valence-corrected chi connectivity index (χ3v) is 3.98. The van der Waals surface area contributed by atoms with Gasteiger partial charge in [-0.3, -0.25) is 0 Å². The molecule has 2 aromatic rings. The van der Waals surface area contributed by atoms with Crippen LogP contribution in [-0.4, -0.2) is 19.0 Å². The molecule has 2 nitrogen and oxygen atoms in total. The Labute approximate surface area is 132 Å². The fourth-order valence-corrected chi connectivity index (χ4v) is 3.08. The summed E-state index contributed by atoms with van der Waals surface area (Å²) in [5, 5.41) is 0. The number of hydrogen-bond donors (Lipinski definition) is 1. The van der Waals surface area contributed by atoms with E-state index in [0.717, 1.165) is 11.1 Å². The second-order valence-corrected chi connectivity index (χ2v) is 5.82. The van der Waals surface area contributed by atoms with Gasteiger partial charge < -0.3 is 10.6 Å². The van der Waals surface area contributed by atoms with E-state index in [1.165, 1.54) is 12.1 Å². The predicted molar refractivity (Wildman–Crippen MR) is 89.9 cm³/mol. The monoisotopic (exact) mass is 298 g/mol. The Hall–Kier alpha value is -1.97. The molecule has 0 amide bonds. The van der Waals surface area contributed by atoms with Crippen LogP contribution in [0.1, 0.15) is 23.6 Å². The van der Waals surface area contributed by atoms with Gasteiger partial charge in [-0.05, 0) is 43.8 Å². The SMILES string of the molecule is C=CCC(N)(c1ccc(F)cc1)C(c1ccccc1)N(C)C. The lowest BCUT2D eigenvalue weighted by Crippen LogP contribution is -2.48. The van der Waals surface area contributed by atoms with Gasteiger partial charge in [-0.1, -0.05) is 48.5 Å². The number of benzene rings is 2. The third kappa shape index (κ3) is 3.26. The summed E-state index contributed by atoms with van der Waals surface area (Å²) in [5.41, 5.74) is 8.17. The van der Waals surface area contributed by atoms with Crippen molar-refractivity contribution in [2.45, 2.75) is 18.0 Å². The van der Waals surface area contributed by atoms with Crippen molar-refractivity contribution in [3.05, 3.63) is 84.2 Å². The van der Waals surface area contributed by atoms with Crippen LogP contribution in [0.3, 0.4) is 0 Å². The van der Waals surface area contributed by atoms with Crippen LogP contribution in [0.4, 0.5) is 4.39 Å². The molecule has 0 aliphatic carbocycles. The number of nitrogens with two attached hydrogens (primary N) is 1. The minimum absolute atomic E-state index is 0.0443. The average Bonchev–Trinajstić information content (AvgIpc) is 2.49. The largest absolute Gasteiger partial charge is 0.320 e. The van der Waals surface area contributed by atoms with Crippen LogP contribution in [0.25, 0.3) is 0 Å². The van der Waals surface area contributed by atoms with Gasteiger partial charge in [-0.2, -0.15) is 0 Å². The molecule has 0 aromatic heterocycles. The van der Waals surface area contributed by atoms with E-state index in [1.807, 2.05) is 38.4 Å². The van der Waals surface area contributed by atoms with Crippen molar-refractivity contribution >= 4 is 0 Å². The Morgan fingerprint density at radius 1 is 1.14 bits per heavy atom. The molecule has 0 radical (unpaired) electrons.